The molecule has 10 heavy (non-hydrogen) atoms. The Morgan fingerprint density at radius 1 is 1.50 bits per heavy atom. The van der Waals surface area contributed by atoms with E-state index in [1.807, 2.05) is 0 Å². The molecule has 0 nitrogen and oxygen atoms in total. The van der Waals surface area contributed by atoms with Crippen molar-refractivity contribution in [1.82, 2.24) is 0 Å². The molecule has 0 N–H and O–H groups in total. The van der Waals surface area contributed by atoms with Crippen molar-refractivity contribution in [1.29, 1.82) is 0 Å². The molecule has 0 amide bonds. The molecule has 3 atom stereocenters. The topological polar surface area (TPSA) is 0 Å². The third-order valence-corrected chi connectivity index (χ3v) is 3.56. The summed E-state index contributed by atoms with van der Waals surface area (Å²) in [5.74, 6) is 1.68. The zero-order chi connectivity index (χ0) is 7.35. The van der Waals surface area contributed by atoms with Crippen molar-refractivity contribution in [3.63, 3.8) is 0 Å². The predicted octanol–water partition coefficient (Wildman–Crippen LogP) is 2.81. The number of fused-ring (bicyclic) bond motifs is 2. The van der Waals surface area contributed by atoms with Crippen LogP contribution in [0.25, 0.3) is 0 Å². The van der Waals surface area contributed by atoms with E-state index >= 15 is 0 Å². The minimum atomic E-state index is 0.225. The fourth-order valence-corrected chi connectivity index (χ4v) is 2.61. The minimum Gasteiger partial charge on any atom is -0.0990 e. The van der Waals surface area contributed by atoms with E-state index in [-0.39, 0.29) is 5.41 Å². The first-order valence-electron chi connectivity index (χ1n) is 4.17. The molecule has 2 rings (SSSR count). The molecule has 2 bridgehead atoms. The Bertz CT molecular complexity index is 176. The first kappa shape index (κ1) is 6.45. The highest BCUT2D eigenvalue weighted by molar-refractivity contribution is 5.25. The molecule has 1 radical (unpaired) electrons. The van der Waals surface area contributed by atoms with Gasteiger partial charge in [-0.1, -0.05) is 19.1 Å². The monoisotopic (exact) mass is 135 g/mol. The quantitative estimate of drug-likeness (QED) is 0.448. The minimum absolute atomic E-state index is 0.225. The zero-order valence-electron chi connectivity index (χ0n) is 6.69. The maximum Gasteiger partial charge on any atom is -0.00875 e. The van der Waals surface area contributed by atoms with E-state index in [1.165, 1.54) is 24.8 Å². The lowest BCUT2D eigenvalue weighted by Gasteiger charge is -2.31. The molecule has 0 aliphatic heterocycles. The maximum atomic E-state index is 4.23. The van der Waals surface area contributed by atoms with Gasteiger partial charge in [-0.05, 0) is 43.4 Å². The van der Waals surface area contributed by atoms with Crippen molar-refractivity contribution in [2.45, 2.75) is 26.2 Å². The van der Waals surface area contributed by atoms with Gasteiger partial charge in [-0.25, -0.2) is 0 Å². The van der Waals surface area contributed by atoms with Gasteiger partial charge in [0.15, 0.2) is 0 Å². The number of allylic oxidation sites excluding steroid dienone is 1. The van der Waals surface area contributed by atoms with Gasteiger partial charge in [-0.3, -0.25) is 0 Å². The number of hydrogen-bond acceptors (Lipinski definition) is 0. The zero-order valence-corrected chi connectivity index (χ0v) is 6.69. The summed E-state index contributed by atoms with van der Waals surface area (Å²) >= 11 is 0. The van der Waals surface area contributed by atoms with E-state index < -0.39 is 0 Å². The first-order valence-corrected chi connectivity index (χ1v) is 4.17. The van der Waals surface area contributed by atoms with Crippen molar-refractivity contribution < 1.29 is 0 Å². The molecule has 0 heterocycles. The average Bonchev–Trinajstić information content (AvgIpc) is 2.37. The third-order valence-electron chi connectivity index (χ3n) is 3.56. The highest BCUT2D eigenvalue weighted by atomic mass is 14.5. The van der Waals surface area contributed by atoms with Gasteiger partial charge in [-0.2, -0.15) is 0 Å². The molecule has 2 aliphatic carbocycles. The van der Waals surface area contributed by atoms with Gasteiger partial charge in [-0.15, -0.1) is 0 Å². The van der Waals surface area contributed by atoms with Crippen LogP contribution in [0.5, 0.6) is 0 Å². The maximum absolute atomic E-state index is 4.23. The molecule has 3 unspecified atom stereocenters. The van der Waals surface area contributed by atoms with Gasteiger partial charge in [0.2, 0.25) is 0 Å². The molecule has 2 aliphatic rings. The number of rotatable bonds is 0. The summed E-state index contributed by atoms with van der Waals surface area (Å²) in [5.41, 5.74) is 1.65. The highest BCUT2D eigenvalue weighted by Crippen LogP contribution is 2.57. The second-order valence-electron chi connectivity index (χ2n) is 4.15. The molecule has 0 aromatic carbocycles. The molecule has 55 valence electrons. The molecule has 0 aromatic heterocycles. The van der Waals surface area contributed by atoms with Crippen LogP contribution in [0.1, 0.15) is 26.2 Å². The van der Waals surface area contributed by atoms with Crippen molar-refractivity contribution in [3.8, 4) is 0 Å². The molecule has 0 saturated heterocycles. The van der Waals surface area contributed by atoms with E-state index in [2.05, 4.69) is 20.4 Å². The van der Waals surface area contributed by atoms with Crippen molar-refractivity contribution in [3.05, 3.63) is 19.1 Å². The molecule has 0 heteroatoms. The lowest BCUT2D eigenvalue weighted by Crippen LogP contribution is -2.22. The van der Waals surface area contributed by atoms with Gasteiger partial charge >= 0.3 is 0 Å². The summed E-state index contributed by atoms with van der Waals surface area (Å²) in [7, 11) is 0. The Hall–Kier alpha value is -0.260. The molecule has 0 spiro atoms. The molecule has 2 fully saturated rings. The van der Waals surface area contributed by atoms with Crippen LogP contribution in [0, 0.1) is 24.2 Å². The average molecular weight is 135 g/mol. The van der Waals surface area contributed by atoms with Gasteiger partial charge in [0, 0.05) is 0 Å². The van der Waals surface area contributed by atoms with E-state index in [0.29, 0.717) is 0 Å². The van der Waals surface area contributed by atoms with Crippen LogP contribution >= 0.6 is 0 Å². The Labute approximate surface area is 63.3 Å². The van der Waals surface area contributed by atoms with Crippen LogP contribution in [-0.4, -0.2) is 0 Å². The van der Waals surface area contributed by atoms with Crippen LogP contribution in [-0.2, 0) is 0 Å². The molecule has 2 saturated carbocycles. The van der Waals surface area contributed by atoms with Gasteiger partial charge in [0.25, 0.3) is 0 Å². The fraction of sp³-hybridized carbons (Fsp3) is 0.700. The largest absolute Gasteiger partial charge is 0.0990 e. The Morgan fingerprint density at radius 3 is 2.50 bits per heavy atom. The molecular weight excluding hydrogens is 120 g/mol. The SMILES string of the molecule is [CH2]C1(C)C(=C)C2CCC1C2. The van der Waals surface area contributed by atoms with Crippen LogP contribution in [0.2, 0.25) is 0 Å². The van der Waals surface area contributed by atoms with Crippen molar-refractivity contribution >= 4 is 0 Å². The predicted molar refractivity (Wildman–Crippen MR) is 43.4 cm³/mol. The van der Waals surface area contributed by atoms with E-state index in [9.17, 15) is 0 Å². The number of hydrogen-bond donors (Lipinski definition) is 0. The Morgan fingerprint density at radius 2 is 2.20 bits per heavy atom. The standard InChI is InChI=1S/C10H15/c1-7-8-4-5-9(6-8)10(7,2)3/h8-9H,1-2,4-6H2,3H3. The Kier molecular flexibility index (Phi) is 1.07. The summed E-state index contributed by atoms with van der Waals surface area (Å²) < 4.78 is 0. The lowest BCUT2D eigenvalue weighted by molar-refractivity contribution is 0.329. The van der Waals surface area contributed by atoms with E-state index in [4.69, 9.17) is 0 Å². The first-order chi connectivity index (χ1) is 4.62. The van der Waals surface area contributed by atoms with Crippen LogP contribution < -0.4 is 0 Å². The normalized spacial score (nSPS) is 42.8. The van der Waals surface area contributed by atoms with E-state index in [1.54, 1.807) is 0 Å². The van der Waals surface area contributed by atoms with Gasteiger partial charge in [0.05, 0.1) is 0 Å². The van der Waals surface area contributed by atoms with Gasteiger partial charge in [0.1, 0.15) is 0 Å². The fourth-order valence-electron chi connectivity index (χ4n) is 2.61. The lowest BCUT2D eigenvalue weighted by atomic mass is 9.73. The van der Waals surface area contributed by atoms with Crippen molar-refractivity contribution in [2.75, 3.05) is 0 Å². The van der Waals surface area contributed by atoms with Gasteiger partial charge < -0.3 is 0 Å². The van der Waals surface area contributed by atoms with E-state index in [0.717, 1.165) is 11.8 Å². The Balaban J connectivity index is 2.34. The van der Waals surface area contributed by atoms with Crippen LogP contribution in [0.15, 0.2) is 12.2 Å². The van der Waals surface area contributed by atoms with Crippen LogP contribution in [0.4, 0.5) is 0 Å². The second-order valence-corrected chi connectivity index (χ2v) is 4.15. The molecule has 0 aromatic rings. The van der Waals surface area contributed by atoms with Crippen molar-refractivity contribution in [2.24, 2.45) is 17.3 Å². The highest BCUT2D eigenvalue weighted by Gasteiger charge is 2.47. The smallest absolute Gasteiger partial charge is 0.00875 e. The third kappa shape index (κ3) is 0.574. The summed E-state index contributed by atoms with van der Waals surface area (Å²) in [4.78, 5) is 0. The van der Waals surface area contributed by atoms with Crippen LogP contribution in [0.3, 0.4) is 0 Å². The summed E-state index contributed by atoms with van der Waals surface area (Å²) in [6.45, 7) is 10.6. The summed E-state index contributed by atoms with van der Waals surface area (Å²) in [5, 5.41) is 0. The summed E-state index contributed by atoms with van der Waals surface area (Å²) in [6, 6.07) is 0. The summed E-state index contributed by atoms with van der Waals surface area (Å²) in [6.07, 6.45) is 4.15. The molecular formula is C10H15. The second kappa shape index (κ2) is 1.66.